The van der Waals surface area contributed by atoms with E-state index in [1.54, 1.807) is 30.5 Å². The third-order valence-electron chi connectivity index (χ3n) is 11.0. The third-order valence-corrected chi connectivity index (χ3v) is 11.0. The third kappa shape index (κ3) is 12.5. The zero-order valence-corrected chi connectivity index (χ0v) is 36.1. The van der Waals surface area contributed by atoms with Gasteiger partial charge in [0.05, 0.1) is 42.9 Å². The molecule has 0 spiro atoms. The number of alkyl halides is 6. The molecule has 4 aromatic rings. The number of nitrogens with one attached hydrogen (secondary N) is 3. The van der Waals surface area contributed by atoms with Crippen molar-refractivity contribution in [3.05, 3.63) is 83.4 Å². The highest BCUT2D eigenvalue weighted by Gasteiger charge is 2.42. The standard InChI is InChI=1S/C22H23F3N6O4.C20H20F3N5O2.CO2/c23-22(24,25)6-3-17(33)15-1-2-16-19(28-15)31(14-5-9-30(16)12-14)21(35)29-18-11-13(4-7-26-18)20(34)27-8-10-32;1-12-5-8-24-17(10-12)26-19(30)28-13-6-9-27(11-13)15-3-2-14(25-18(15)28)16(29)4-7-20(21,22)23;2-1-3/h1-2,4,7,11,14,32H,3,5-6,8-10,12H2,(H,27,34)(H,26,29,35);2-3,5,8,10,13H,4,6-7,9,11H2,1H3,(H,24,26,30);/t14-;13-;/m00./s1. The van der Waals surface area contributed by atoms with E-state index in [2.05, 4.69) is 40.8 Å². The monoisotopic (exact) mass is 955 g/mol. The molecule has 2 saturated heterocycles. The van der Waals surface area contributed by atoms with Gasteiger partial charge >= 0.3 is 30.6 Å². The molecule has 4 bridgehead atoms. The molecule has 4 aliphatic rings. The van der Waals surface area contributed by atoms with Gasteiger partial charge in [-0.15, -0.1) is 0 Å². The van der Waals surface area contributed by atoms with Crippen LogP contribution < -0.4 is 35.6 Å². The molecule has 360 valence electrons. The number of amides is 5. The molecule has 4 N–H and O–H groups in total. The van der Waals surface area contributed by atoms with E-state index in [0.717, 1.165) is 18.5 Å². The molecule has 25 heteroatoms. The van der Waals surface area contributed by atoms with Gasteiger partial charge in [-0.1, -0.05) is 0 Å². The maximum absolute atomic E-state index is 13.3. The molecular weight excluding hydrogens is 913 g/mol. The SMILES string of the molecule is Cc1ccnc(NC(=O)N2c3nc(C(=O)CCC(F)(F)F)ccc3N3CC[C@H]2C3)c1.O=C(NCCO)c1ccnc(NC(=O)N2c3nc(C(=O)CCC(F)(F)F)ccc3N3CC[C@H]2C3)c1.O=C=O. The number of aromatic nitrogens is 4. The van der Waals surface area contributed by atoms with Crippen LogP contribution in [0.25, 0.3) is 0 Å². The molecule has 0 aromatic carbocycles. The Morgan fingerprint density at radius 2 is 1.16 bits per heavy atom. The largest absolute Gasteiger partial charge is 0.395 e. The lowest BCUT2D eigenvalue weighted by molar-refractivity contribution is -0.191. The number of ketones is 2. The highest BCUT2D eigenvalue weighted by Crippen LogP contribution is 2.41. The van der Waals surface area contributed by atoms with Gasteiger partial charge in [0.1, 0.15) is 23.0 Å². The Morgan fingerprint density at radius 1 is 0.706 bits per heavy atom. The van der Waals surface area contributed by atoms with E-state index in [9.17, 15) is 50.3 Å². The summed E-state index contributed by atoms with van der Waals surface area (Å²) in [5.41, 5.74) is 2.23. The normalized spacial score (nSPS) is 16.5. The summed E-state index contributed by atoms with van der Waals surface area (Å²) < 4.78 is 75.1. The number of aryl methyl sites for hydroxylation is 1. The zero-order chi connectivity index (χ0) is 49.3. The van der Waals surface area contributed by atoms with Gasteiger partial charge in [0.2, 0.25) is 0 Å². The minimum absolute atomic E-state index is 0.0707. The van der Waals surface area contributed by atoms with Crippen molar-refractivity contribution in [1.82, 2.24) is 25.3 Å². The number of fused-ring (bicyclic) bond motifs is 8. The van der Waals surface area contributed by atoms with E-state index in [4.69, 9.17) is 14.7 Å². The second kappa shape index (κ2) is 21.4. The van der Waals surface area contributed by atoms with E-state index >= 15 is 0 Å². The van der Waals surface area contributed by atoms with Gasteiger partial charge in [-0.25, -0.2) is 29.5 Å². The first kappa shape index (κ1) is 49.9. The van der Waals surface area contributed by atoms with Gasteiger partial charge in [-0.3, -0.25) is 34.8 Å². The fourth-order valence-electron chi connectivity index (χ4n) is 7.88. The summed E-state index contributed by atoms with van der Waals surface area (Å²) in [7, 11) is 0. The lowest BCUT2D eigenvalue weighted by Gasteiger charge is -2.35. The maximum Gasteiger partial charge on any atom is 0.389 e. The van der Waals surface area contributed by atoms with Crippen LogP contribution in [-0.4, -0.2) is 124 Å². The molecule has 4 aliphatic heterocycles. The Morgan fingerprint density at radius 3 is 1.60 bits per heavy atom. The Kier molecular flexibility index (Phi) is 15.7. The lowest BCUT2D eigenvalue weighted by atomic mass is 10.1. The predicted molar refractivity (Wildman–Crippen MR) is 230 cm³/mol. The summed E-state index contributed by atoms with van der Waals surface area (Å²) in [5, 5.41) is 16.8. The van der Waals surface area contributed by atoms with E-state index in [0.29, 0.717) is 43.2 Å². The molecule has 0 unspecified atom stereocenters. The number of hydrogen-bond donors (Lipinski definition) is 4. The number of aliphatic hydroxyl groups excluding tert-OH is 1. The number of pyridine rings is 4. The number of halogens is 6. The molecule has 0 radical (unpaired) electrons. The first-order valence-electron chi connectivity index (χ1n) is 21.0. The minimum atomic E-state index is -4.46. The smallest absolute Gasteiger partial charge is 0.389 e. The lowest BCUT2D eigenvalue weighted by Crippen LogP contribution is -2.48. The van der Waals surface area contributed by atoms with E-state index < -0.39 is 67.6 Å². The molecule has 0 aliphatic carbocycles. The Hall–Kier alpha value is -7.53. The summed E-state index contributed by atoms with van der Waals surface area (Å²) in [6.45, 7) is 4.28. The highest BCUT2D eigenvalue weighted by atomic mass is 19.4. The summed E-state index contributed by atoms with van der Waals surface area (Å²) in [4.78, 5) is 103. The number of nitrogens with zero attached hydrogens (tertiary/aromatic N) is 8. The van der Waals surface area contributed by atoms with Crippen LogP contribution in [0.5, 0.6) is 0 Å². The zero-order valence-electron chi connectivity index (χ0n) is 36.1. The fraction of sp³-hybridized carbons (Fsp3) is 0.395. The molecule has 2 fully saturated rings. The highest BCUT2D eigenvalue weighted by molar-refractivity contribution is 6.06. The summed E-state index contributed by atoms with van der Waals surface area (Å²) >= 11 is 0. The topological polar surface area (TPSA) is 240 Å². The van der Waals surface area contributed by atoms with Gasteiger partial charge in [0.15, 0.2) is 23.2 Å². The van der Waals surface area contributed by atoms with Crippen molar-refractivity contribution in [3.63, 3.8) is 0 Å². The minimum Gasteiger partial charge on any atom is -0.395 e. The quantitative estimate of drug-likeness (QED) is 0.104. The molecule has 19 nitrogen and oxygen atoms in total. The number of rotatable bonds is 11. The predicted octanol–water partition coefficient (Wildman–Crippen LogP) is 5.71. The van der Waals surface area contributed by atoms with Crippen molar-refractivity contribution < 1.29 is 65.0 Å². The van der Waals surface area contributed by atoms with Crippen LogP contribution in [-0.2, 0) is 9.59 Å². The second-order valence-electron chi connectivity index (χ2n) is 15.7. The summed E-state index contributed by atoms with van der Waals surface area (Å²) in [5.74, 6) is -0.955. The van der Waals surface area contributed by atoms with Crippen LogP contribution in [0.3, 0.4) is 0 Å². The van der Waals surface area contributed by atoms with Crippen LogP contribution in [0.15, 0.2) is 60.9 Å². The van der Waals surface area contributed by atoms with Crippen molar-refractivity contribution in [2.24, 2.45) is 0 Å². The number of hydrogen-bond acceptors (Lipinski definition) is 14. The average molecular weight is 956 g/mol. The molecule has 8 rings (SSSR count). The van der Waals surface area contributed by atoms with Gasteiger partial charge in [-0.05, 0) is 73.9 Å². The van der Waals surface area contributed by atoms with E-state index in [1.165, 1.54) is 40.3 Å². The maximum atomic E-state index is 13.3. The number of urea groups is 2. The molecule has 5 amide bonds. The van der Waals surface area contributed by atoms with Gasteiger partial charge < -0.3 is 20.2 Å². The Balaban J connectivity index is 0.000000214. The van der Waals surface area contributed by atoms with Crippen LogP contribution >= 0.6 is 0 Å². The first-order valence-corrected chi connectivity index (χ1v) is 21.0. The van der Waals surface area contributed by atoms with E-state index in [1.807, 2.05) is 11.8 Å². The van der Waals surface area contributed by atoms with Gasteiger partial charge in [-0.2, -0.15) is 35.9 Å². The van der Waals surface area contributed by atoms with Crippen LogP contribution in [0, 0.1) is 6.92 Å². The van der Waals surface area contributed by atoms with Crippen molar-refractivity contribution in [2.45, 2.75) is 69.9 Å². The molecule has 68 heavy (non-hydrogen) atoms. The van der Waals surface area contributed by atoms with Crippen LogP contribution in [0.4, 0.5) is 70.6 Å². The van der Waals surface area contributed by atoms with Crippen LogP contribution in [0.1, 0.15) is 75.4 Å². The number of carbonyl (C=O) groups is 5. The molecular formula is C43H43F6N11O8. The van der Waals surface area contributed by atoms with E-state index in [-0.39, 0.29) is 65.8 Å². The molecule has 8 heterocycles. The number of anilines is 6. The summed E-state index contributed by atoms with van der Waals surface area (Å²) in [6.07, 6.45) is -8.20. The Bertz CT molecular complexity index is 2580. The van der Waals surface area contributed by atoms with Gasteiger partial charge in [0.25, 0.3) is 5.91 Å². The molecule has 4 aromatic heterocycles. The average Bonchev–Trinajstić information content (AvgIpc) is 3.91. The number of aliphatic hydroxyl groups is 1. The Labute approximate surface area is 382 Å². The molecule has 0 saturated carbocycles. The van der Waals surface area contributed by atoms with Gasteiger partial charge in [0, 0.05) is 63.5 Å². The number of Topliss-reactive ketones (excluding diaryl/α,β-unsaturated/α-hetero) is 2. The first-order chi connectivity index (χ1) is 32.3. The van der Waals surface area contributed by atoms with Crippen molar-refractivity contribution in [1.29, 1.82) is 0 Å². The summed E-state index contributed by atoms with van der Waals surface area (Å²) in [6, 6.07) is 11.0. The van der Waals surface area contributed by atoms with Crippen LogP contribution in [0.2, 0.25) is 0 Å². The number of carbonyl (C=O) groups excluding carboxylic acids is 7. The van der Waals surface area contributed by atoms with Crippen molar-refractivity contribution in [3.8, 4) is 0 Å². The van der Waals surface area contributed by atoms with Crippen molar-refractivity contribution in [2.75, 3.05) is 69.6 Å². The second-order valence-corrected chi connectivity index (χ2v) is 15.7. The van der Waals surface area contributed by atoms with Crippen molar-refractivity contribution >= 4 is 70.3 Å². The molecule has 2 atom stereocenters. The fourth-order valence-corrected chi connectivity index (χ4v) is 7.88.